The van der Waals surface area contributed by atoms with Crippen molar-refractivity contribution in [1.29, 1.82) is 0 Å². The van der Waals surface area contributed by atoms with Crippen LogP contribution in [-0.4, -0.2) is 34.8 Å². The number of rotatable bonds is 4. The first-order valence-corrected chi connectivity index (χ1v) is 8.91. The van der Waals surface area contributed by atoms with Gasteiger partial charge in [-0.25, -0.2) is 0 Å². The molecule has 25 heavy (non-hydrogen) atoms. The summed E-state index contributed by atoms with van der Waals surface area (Å²) in [6.07, 6.45) is 3.49. The molecule has 3 rings (SSSR count). The van der Waals surface area contributed by atoms with Gasteiger partial charge in [-0.2, -0.15) is 0 Å². The minimum Gasteiger partial charge on any atom is -0.457 e. The van der Waals surface area contributed by atoms with E-state index in [0.717, 1.165) is 35.9 Å². The molecule has 1 aliphatic rings. The normalized spacial score (nSPS) is 18.8. The topological polar surface area (TPSA) is 59.5 Å². The molecule has 5 heteroatoms. The monoisotopic (exact) mass is 340 g/mol. The lowest BCUT2D eigenvalue weighted by molar-refractivity contribution is -0.156. The fourth-order valence-electron chi connectivity index (χ4n) is 3.27. The summed E-state index contributed by atoms with van der Waals surface area (Å²) < 4.78 is 5.67. The Labute approximate surface area is 148 Å². The molecule has 132 valence electrons. The number of para-hydroxylation sites is 1. The summed E-state index contributed by atoms with van der Waals surface area (Å²) in [5.74, 6) is -0.362. The standard InChI is InChI=1S/C20H24N2O3/c1-3-19(23)22-10-6-8-16(13-22)20(24)25-14(2)17-11-15-7-4-5-9-18(15)21-12-17/h4-5,7,9,11-12,14,16H,3,6,8,10,13H2,1-2H3/t14-,16-/m0/s1. The van der Waals surface area contributed by atoms with Gasteiger partial charge in [-0.3, -0.25) is 14.6 Å². The number of ether oxygens (including phenoxy) is 1. The van der Waals surface area contributed by atoms with E-state index in [1.54, 1.807) is 11.1 Å². The Kier molecular flexibility index (Phi) is 5.31. The van der Waals surface area contributed by atoms with Crippen LogP contribution >= 0.6 is 0 Å². The van der Waals surface area contributed by atoms with Gasteiger partial charge in [-0.1, -0.05) is 25.1 Å². The Morgan fingerprint density at radius 1 is 1.36 bits per heavy atom. The highest BCUT2D eigenvalue weighted by molar-refractivity contribution is 5.80. The van der Waals surface area contributed by atoms with E-state index < -0.39 is 0 Å². The van der Waals surface area contributed by atoms with Gasteiger partial charge in [0.05, 0.1) is 11.4 Å². The van der Waals surface area contributed by atoms with Gasteiger partial charge in [0.2, 0.25) is 5.91 Å². The number of hydrogen-bond acceptors (Lipinski definition) is 4. The molecule has 0 bridgehead atoms. The van der Waals surface area contributed by atoms with Crippen molar-refractivity contribution in [3.05, 3.63) is 42.1 Å². The van der Waals surface area contributed by atoms with Gasteiger partial charge in [0.25, 0.3) is 0 Å². The van der Waals surface area contributed by atoms with Gasteiger partial charge in [-0.15, -0.1) is 0 Å². The SMILES string of the molecule is CCC(=O)N1CCC[C@H](C(=O)O[C@@H](C)c2cnc3ccccc3c2)C1. The van der Waals surface area contributed by atoms with Crippen molar-refractivity contribution >= 4 is 22.8 Å². The van der Waals surface area contributed by atoms with Crippen LogP contribution in [0.25, 0.3) is 10.9 Å². The molecule has 0 radical (unpaired) electrons. The average molecular weight is 340 g/mol. The van der Waals surface area contributed by atoms with Crippen LogP contribution in [0.15, 0.2) is 36.5 Å². The third kappa shape index (κ3) is 3.98. The first-order valence-electron chi connectivity index (χ1n) is 8.91. The zero-order valence-corrected chi connectivity index (χ0v) is 14.8. The fraction of sp³-hybridized carbons (Fsp3) is 0.450. The second-order valence-electron chi connectivity index (χ2n) is 6.57. The molecule has 5 nitrogen and oxygen atoms in total. The molecule has 0 unspecified atom stereocenters. The summed E-state index contributed by atoms with van der Waals surface area (Å²) in [7, 11) is 0. The minimum atomic E-state index is -0.359. The molecule has 1 aromatic carbocycles. The van der Waals surface area contributed by atoms with Crippen LogP contribution in [0.1, 0.15) is 44.8 Å². The van der Waals surface area contributed by atoms with Crippen molar-refractivity contribution in [3.8, 4) is 0 Å². The molecule has 2 aromatic rings. The predicted molar refractivity (Wildman–Crippen MR) is 95.8 cm³/mol. The van der Waals surface area contributed by atoms with Crippen LogP contribution in [0, 0.1) is 5.92 Å². The molecule has 0 aliphatic carbocycles. The number of benzene rings is 1. The molecule has 1 aliphatic heterocycles. The largest absolute Gasteiger partial charge is 0.457 e. The van der Waals surface area contributed by atoms with E-state index >= 15 is 0 Å². The number of fused-ring (bicyclic) bond motifs is 1. The molecule has 1 fully saturated rings. The fourth-order valence-corrected chi connectivity index (χ4v) is 3.27. The smallest absolute Gasteiger partial charge is 0.311 e. The van der Waals surface area contributed by atoms with Gasteiger partial charge in [0, 0.05) is 36.7 Å². The maximum absolute atomic E-state index is 12.5. The number of carbonyl (C=O) groups excluding carboxylic acids is 2. The Hall–Kier alpha value is -2.43. The lowest BCUT2D eigenvalue weighted by atomic mass is 9.98. The zero-order chi connectivity index (χ0) is 17.8. The Morgan fingerprint density at radius 3 is 2.96 bits per heavy atom. The van der Waals surface area contributed by atoms with Gasteiger partial charge < -0.3 is 9.64 Å². The van der Waals surface area contributed by atoms with E-state index in [1.807, 2.05) is 44.2 Å². The molecular weight excluding hydrogens is 316 g/mol. The van der Waals surface area contributed by atoms with Crippen LogP contribution in [0.3, 0.4) is 0 Å². The molecule has 1 saturated heterocycles. The lowest BCUT2D eigenvalue weighted by Crippen LogP contribution is -2.42. The van der Waals surface area contributed by atoms with E-state index in [9.17, 15) is 9.59 Å². The number of amides is 1. The van der Waals surface area contributed by atoms with Gasteiger partial charge in [0.1, 0.15) is 6.10 Å². The highest BCUT2D eigenvalue weighted by Gasteiger charge is 2.30. The van der Waals surface area contributed by atoms with E-state index in [4.69, 9.17) is 4.74 Å². The first kappa shape index (κ1) is 17.4. The second-order valence-corrected chi connectivity index (χ2v) is 6.57. The van der Waals surface area contributed by atoms with Crippen molar-refractivity contribution in [1.82, 2.24) is 9.88 Å². The quantitative estimate of drug-likeness (QED) is 0.800. The van der Waals surface area contributed by atoms with E-state index in [-0.39, 0.29) is 23.9 Å². The van der Waals surface area contributed by atoms with Crippen LogP contribution in [-0.2, 0) is 14.3 Å². The lowest BCUT2D eigenvalue weighted by Gasteiger charge is -2.32. The Balaban J connectivity index is 1.65. The molecule has 1 amide bonds. The number of piperidine rings is 1. The van der Waals surface area contributed by atoms with Crippen molar-refractivity contribution in [2.45, 2.75) is 39.2 Å². The number of pyridine rings is 1. The summed E-state index contributed by atoms with van der Waals surface area (Å²) in [4.78, 5) is 30.6. The number of likely N-dealkylation sites (tertiary alicyclic amines) is 1. The highest BCUT2D eigenvalue weighted by atomic mass is 16.5. The van der Waals surface area contributed by atoms with Crippen molar-refractivity contribution in [2.75, 3.05) is 13.1 Å². The third-order valence-electron chi connectivity index (χ3n) is 4.78. The van der Waals surface area contributed by atoms with Crippen LogP contribution in [0.2, 0.25) is 0 Å². The van der Waals surface area contributed by atoms with Crippen LogP contribution < -0.4 is 0 Å². The minimum absolute atomic E-state index is 0.101. The predicted octanol–water partition coefficient (Wildman–Crippen LogP) is 3.49. The molecule has 1 aromatic heterocycles. The van der Waals surface area contributed by atoms with Gasteiger partial charge >= 0.3 is 5.97 Å². The molecule has 2 heterocycles. The third-order valence-corrected chi connectivity index (χ3v) is 4.78. The van der Waals surface area contributed by atoms with Crippen LogP contribution in [0.4, 0.5) is 0 Å². The summed E-state index contributed by atoms with van der Waals surface area (Å²) in [5, 5.41) is 1.03. The summed E-state index contributed by atoms with van der Waals surface area (Å²) >= 11 is 0. The number of esters is 1. The summed E-state index contributed by atoms with van der Waals surface area (Å²) in [6.45, 7) is 4.91. The number of hydrogen-bond donors (Lipinski definition) is 0. The highest BCUT2D eigenvalue weighted by Crippen LogP contribution is 2.24. The maximum atomic E-state index is 12.5. The number of carbonyl (C=O) groups is 2. The first-order chi connectivity index (χ1) is 12.1. The zero-order valence-electron chi connectivity index (χ0n) is 14.8. The van der Waals surface area contributed by atoms with E-state index in [2.05, 4.69) is 4.98 Å². The molecule has 0 N–H and O–H groups in total. The van der Waals surface area contributed by atoms with Gasteiger partial charge in [-0.05, 0) is 31.9 Å². The van der Waals surface area contributed by atoms with E-state index in [0.29, 0.717) is 13.0 Å². The number of aromatic nitrogens is 1. The maximum Gasteiger partial charge on any atom is 0.311 e. The van der Waals surface area contributed by atoms with Crippen LogP contribution in [0.5, 0.6) is 0 Å². The molecule has 2 atom stereocenters. The molecular formula is C20H24N2O3. The molecule has 0 saturated carbocycles. The van der Waals surface area contributed by atoms with Crippen molar-refractivity contribution in [3.63, 3.8) is 0 Å². The Bertz CT molecular complexity index is 774. The number of nitrogens with zero attached hydrogens (tertiary/aromatic N) is 2. The second kappa shape index (κ2) is 7.64. The summed E-state index contributed by atoms with van der Waals surface area (Å²) in [5.41, 5.74) is 1.80. The van der Waals surface area contributed by atoms with E-state index in [1.165, 1.54) is 0 Å². The van der Waals surface area contributed by atoms with Crippen molar-refractivity contribution in [2.24, 2.45) is 5.92 Å². The van der Waals surface area contributed by atoms with Crippen molar-refractivity contribution < 1.29 is 14.3 Å². The Morgan fingerprint density at radius 2 is 2.16 bits per heavy atom. The average Bonchev–Trinajstić information content (AvgIpc) is 2.66. The molecule has 0 spiro atoms. The van der Waals surface area contributed by atoms with Gasteiger partial charge in [0.15, 0.2) is 0 Å². The summed E-state index contributed by atoms with van der Waals surface area (Å²) in [6, 6.07) is 9.87.